The van der Waals surface area contributed by atoms with Crippen LogP contribution in [0.3, 0.4) is 0 Å². The number of likely N-dealkylation sites (N-methyl/N-ethyl adjacent to an activating group) is 1. The Balaban J connectivity index is 1.32. The van der Waals surface area contributed by atoms with Gasteiger partial charge in [0.1, 0.15) is 6.10 Å². The van der Waals surface area contributed by atoms with E-state index in [4.69, 9.17) is 19.7 Å². The molecule has 9 heteroatoms. The number of benzene rings is 2. The van der Waals surface area contributed by atoms with Crippen molar-refractivity contribution in [3.05, 3.63) is 66.6 Å². The maximum atomic E-state index is 12.2. The second kappa shape index (κ2) is 11.4. The van der Waals surface area contributed by atoms with Crippen molar-refractivity contribution in [2.24, 2.45) is 5.16 Å². The van der Waals surface area contributed by atoms with Crippen LogP contribution in [0.2, 0.25) is 0 Å². The first-order valence-electron chi connectivity index (χ1n) is 11.9. The number of carbonyl (C=O) groups excluding carboxylic acids is 2. The molecule has 3 aromatic rings. The molecule has 1 aromatic heterocycles. The zero-order valence-electron chi connectivity index (χ0n) is 20.4. The quantitative estimate of drug-likeness (QED) is 0.316. The topological polar surface area (TPSA) is 119 Å². The van der Waals surface area contributed by atoms with Crippen molar-refractivity contribution in [1.29, 1.82) is 0 Å². The number of nitrogens with two attached hydrogens (primary N) is 1. The molecule has 1 atom stereocenters. The number of carbonyl (C=O) groups is 2. The number of anilines is 3. The number of nitrogen functional groups attached to an aromatic ring is 1. The van der Waals surface area contributed by atoms with Crippen LogP contribution in [0.1, 0.15) is 32.3 Å². The number of hydrogen-bond donors (Lipinski definition) is 2. The summed E-state index contributed by atoms with van der Waals surface area (Å²) >= 11 is 0. The Labute approximate surface area is 209 Å². The predicted octanol–water partition coefficient (Wildman–Crippen LogP) is 4.57. The van der Waals surface area contributed by atoms with E-state index in [-0.39, 0.29) is 18.9 Å². The summed E-state index contributed by atoms with van der Waals surface area (Å²) in [4.78, 5) is 31.3. The Kier molecular flexibility index (Phi) is 7.89. The molecule has 0 spiro atoms. The van der Waals surface area contributed by atoms with Crippen LogP contribution in [-0.2, 0) is 19.2 Å². The lowest BCUT2D eigenvalue weighted by Gasteiger charge is -2.18. The number of oxime groups is 1. The summed E-state index contributed by atoms with van der Waals surface area (Å²) in [5.74, 6) is -0.694. The molecule has 3 N–H and O–H groups in total. The third-order valence-electron chi connectivity index (χ3n) is 5.98. The van der Waals surface area contributed by atoms with Crippen LogP contribution >= 0.6 is 0 Å². The van der Waals surface area contributed by atoms with Crippen LogP contribution in [-0.4, -0.2) is 48.3 Å². The van der Waals surface area contributed by atoms with E-state index in [0.717, 1.165) is 33.8 Å². The van der Waals surface area contributed by atoms with Gasteiger partial charge in [0.05, 0.1) is 36.0 Å². The maximum Gasteiger partial charge on any atom is 0.310 e. The van der Waals surface area contributed by atoms with Gasteiger partial charge in [-0.3, -0.25) is 9.59 Å². The van der Waals surface area contributed by atoms with E-state index in [2.05, 4.69) is 10.5 Å². The first-order valence-corrected chi connectivity index (χ1v) is 11.9. The molecule has 0 saturated carbocycles. The molecule has 36 heavy (non-hydrogen) atoms. The molecule has 2 heterocycles. The number of ether oxygens (including phenoxy) is 1. The summed E-state index contributed by atoms with van der Waals surface area (Å²) in [6.45, 7) is 4.65. The molecule has 188 valence electrons. The van der Waals surface area contributed by atoms with Crippen LogP contribution < -0.4 is 11.1 Å². The zero-order valence-corrected chi connectivity index (χ0v) is 20.4. The molecule has 4 rings (SSSR count). The summed E-state index contributed by atoms with van der Waals surface area (Å²) in [5.41, 5.74) is 12.1. The van der Waals surface area contributed by atoms with Gasteiger partial charge in [0, 0.05) is 36.3 Å². The third kappa shape index (κ3) is 6.04. The van der Waals surface area contributed by atoms with Gasteiger partial charge in [0.15, 0.2) is 6.61 Å². The molecule has 0 aliphatic carbocycles. The van der Waals surface area contributed by atoms with Gasteiger partial charge in [-0.05, 0) is 49.7 Å². The highest BCUT2D eigenvalue weighted by Crippen LogP contribution is 2.30. The van der Waals surface area contributed by atoms with E-state index < -0.39 is 12.1 Å². The number of amides is 1. The van der Waals surface area contributed by atoms with E-state index in [9.17, 15) is 9.59 Å². The van der Waals surface area contributed by atoms with Gasteiger partial charge < -0.3 is 29.9 Å². The van der Waals surface area contributed by atoms with Gasteiger partial charge in [-0.2, -0.15) is 0 Å². The number of nitrogens with one attached hydrogen (secondary N) is 1. The Bertz CT molecular complexity index is 1230. The molecule has 0 bridgehead atoms. The Morgan fingerprint density at radius 3 is 2.67 bits per heavy atom. The van der Waals surface area contributed by atoms with Crippen LogP contribution in [0.25, 0.3) is 11.1 Å². The molecule has 9 nitrogen and oxygen atoms in total. The van der Waals surface area contributed by atoms with Crippen molar-refractivity contribution in [3.8, 4) is 11.1 Å². The fourth-order valence-electron chi connectivity index (χ4n) is 3.98. The monoisotopic (exact) mass is 490 g/mol. The summed E-state index contributed by atoms with van der Waals surface area (Å²) in [5, 5.41) is 7.51. The van der Waals surface area contributed by atoms with Crippen molar-refractivity contribution in [2.45, 2.75) is 32.8 Å². The summed E-state index contributed by atoms with van der Waals surface area (Å²) in [7, 11) is 0. The van der Waals surface area contributed by atoms with E-state index in [0.29, 0.717) is 25.2 Å². The van der Waals surface area contributed by atoms with Gasteiger partial charge in [0.2, 0.25) is 0 Å². The van der Waals surface area contributed by atoms with Gasteiger partial charge in [-0.25, -0.2) is 0 Å². The molecular weight excluding hydrogens is 460 g/mol. The van der Waals surface area contributed by atoms with Gasteiger partial charge >= 0.3 is 5.97 Å². The lowest BCUT2D eigenvalue weighted by Crippen LogP contribution is -2.34. The highest BCUT2D eigenvalue weighted by Gasteiger charge is 2.26. The van der Waals surface area contributed by atoms with Gasteiger partial charge in [-0.1, -0.05) is 23.4 Å². The number of nitrogens with zero attached hydrogens (tertiary/aromatic N) is 2. The van der Waals surface area contributed by atoms with E-state index in [1.165, 1.54) is 0 Å². The van der Waals surface area contributed by atoms with Crippen LogP contribution in [0.4, 0.5) is 17.1 Å². The zero-order chi connectivity index (χ0) is 25.5. The molecule has 2 aromatic carbocycles. The average molecular weight is 491 g/mol. The molecule has 0 saturated heterocycles. The van der Waals surface area contributed by atoms with Crippen molar-refractivity contribution < 1.29 is 23.6 Å². The average Bonchev–Trinajstić information content (AvgIpc) is 3.58. The number of rotatable bonds is 10. The van der Waals surface area contributed by atoms with Crippen LogP contribution in [0.15, 0.2) is 70.6 Å². The van der Waals surface area contributed by atoms with Crippen LogP contribution in [0, 0.1) is 0 Å². The number of esters is 1. The molecule has 0 radical (unpaired) electrons. The van der Waals surface area contributed by atoms with Crippen molar-refractivity contribution in [2.75, 3.05) is 30.7 Å². The van der Waals surface area contributed by atoms with E-state index in [1.54, 1.807) is 17.4 Å². The minimum Gasteiger partial charge on any atom is -0.472 e. The Hall–Kier alpha value is -4.27. The van der Waals surface area contributed by atoms with Crippen LogP contribution in [0.5, 0.6) is 0 Å². The minimum atomic E-state index is -0.485. The Morgan fingerprint density at radius 1 is 1.11 bits per heavy atom. The third-order valence-corrected chi connectivity index (χ3v) is 5.98. The van der Waals surface area contributed by atoms with Crippen molar-refractivity contribution in [1.82, 2.24) is 4.90 Å². The maximum absolute atomic E-state index is 12.2. The smallest absolute Gasteiger partial charge is 0.310 e. The lowest BCUT2D eigenvalue weighted by molar-refractivity contribution is -0.153. The first-order chi connectivity index (χ1) is 17.5. The molecule has 1 aliphatic rings. The van der Waals surface area contributed by atoms with Gasteiger partial charge in [-0.15, -0.1) is 0 Å². The minimum absolute atomic E-state index is 0.0238. The molecule has 1 aliphatic heterocycles. The summed E-state index contributed by atoms with van der Waals surface area (Å²) in [6.07, 6.45) is 3.36. The number of hydrogen-bond acceptors (Lipinski definition) is 8. The number of furan rings is 1. The first kappa shape index (κ1) is 24.8. The van der Waals surface area contributed by atoms with Gasteiger partial charge in [0.25, 0.3) is 5.91 Å². The molecule has 1 amide bonds. The predicted molar refractivity (Wildman–Crippen MR) is 138 cm³/mol. The highest BCUT2D eigenvalue weighted by atomic mass is 16.6. The molecule has 0 fully saturated rings. The van der Waals surface area contributed by atoms with E-state index in [1.807, 2.05) is 62.4 Å². The molecular formula is C27H30N4O5. The van der Waals surface area contributed by atoms with Crippen molar-refractivity contribution >= 4 is 34.7 Å². The van der Waals surface area contributed by atoms with Crippen molar-refractivity contribution in [3.63, 3.8) is 0 Å². The van der Waals surface area contributed by atoms with E-state index >= 15 is 0 Å². The summed E-state index contributed by atoms with van der Waals surface area (Å²) in [6, 6.07) is 15.4. The lowest BCUT2D eigenvalue weighted by atomic mass is 10.0. The summed E-state index contributed by atoms with van der Waals surface area (Å²) < 4.78 is 10.3. The molecule has 1 unspecified atom stereocenters. The second-order valence-corrected chi connectivity index (χ2v) is 8.42. The fourth-order valence-corrected chi connectivity index (χ4v) is 3.98. The SMILES string of the molecule is CCN(CC)C(=O)COC(=O)CC1CC(c2cccc(Nc3ccc(-c4ccoc4)cc3N)c2)=NO1. The Morgan fingerprint density at radius 2 is 1.94 bits per heavy atom. The normalized spacial score (nSPS) is 14.6. The standard InChI is InChI=1S/C27H30N4O5/c1-3-31(4-2)26(32)17-35-27(33)15-22-14-25(30-36-22)19-6-5-7-21(12-19)29-24-9-8-18(13-23(24)28)20-10-11-34-16-20/h5-13,16,22,29H,3-4,14-15,17,28H2,1-2H3. The fraction of sp³-hybridized carbons (Fsp3) is 0.296. The second-order valence-electron chi connectivity index (χ2n) is 8.42. The largest absolute Gasteiger partial charge is 0.472 e. The highest BCUT2D eigenvalue weighted by molar-refractivity contribution is 6.02.